The summed E-state index contributed by atoms with van der Waals surface area (Å²) < 4.78 is 10.4. The number of ketones is 2. The Labute approximate surface area is 240 Å². The zero-order valence-corrected chi connectivity index (χ0v) is 24.3. The topological polar surface area (TPSA) is 218 Å². The van der Waals surface area contributed by atoms with Crippen molar-refractivity contribution in [3.8, 4) is 0 Å². The summed E-state index contributed by atoms with van der Waals surface area (Å²) in [7, 11) is 0. The van der Waals surface area contributed by atoms with Crippen molar-refractivity contribution in [2.45, 2.75) is 90.3 Å². The minimum absolute atomic E-state index is 0.0811. The van der Waals surface area contributed by atoms with Gasteiger partial charge in [-0.1, -0.05) is 13.3 Å². The van der Waals surface area contributed by atoms with Crippen LogP contribution in [0.2, 0.25) is 0 Å². The summed E-state index contributed by atoms with van der Waals surface area (Å²) in [6.45, 7) is 5.26. The Bertz CT molecular complexity index is 835. The largest absolute Gasteiger partial charge is 0.480 e. The molecule has 0 heterocycles. The maximum Gasteiger partial charge on any atom is 0.326 e. The number of carbonyl (C=O) groups excluding carboxylic acids is 4. The fraction of sp³-hybridized carbons (Fsp3) is 0.778. The summed E-state index contributed by atoms with van der Waals surface area (Å²) in [6, 6.07) is -2.48. The average molecular weight is 590 g/mol. The molecule has 0 spiro atoms. The smallest absolute Gasteiger partial charge is 0.326 e. The number of nitrogens with one attached hydrogen (secondary N) is 3. The van der Waals surface area contributed by atoms with Crippen LogP contribution in [0.3, 0.4) is 0 Å². The van der Waals surface area contributed by atoms with E-state index in [-0.39, 0.29) is 62.6 Å². The number of rotatable bonds is 26. The zero-order valence-electron chi connectivity index (χ0n) is 24.3. The van der Waals surface area contributed by atoms with Gasteiger partial charge >= 0.3 is 11.9 Å². The van der Waals surface area contributed by atoms with Crippen molar-refractivity contribution >= 4 is 35.3 Å². The second-order valence-electron chi connectivity index (χ2n) is 9.82. The number of hydrogen-bond donors (Lipinski definition) is 6. The summed E-state index contributed by atoms with van der Waals surface area (Å²) in [5.41, 5.74) is 0. The summed E-state index contributed by atoms with van der Waals surface area (Å²) in [5.74, 6) is -3.85. The van der Waals surface area contributed by atoms with E-state index in [0.29, 0.717) is 51.7 Å². The Hall–Kier alpha value is -2.94. The highest BCUT2D eigenvalue weighted by atomic mass is 16.5. The van der Waals surface area contributed by atoms with Crippen LogP contribution in [-0.2, 0) is 38.2 Å². The quantitative estimate of drug-likeness (QED) is 0.0737. The van der Waals surface area contributed by atoms with Gasteiger partial charge in [-0.3, -0.25) is 24.5 Å². The van der Waals surface area contributed by atoms with Gasteiger partial charge in [-0.25, -0.2) is 4.79 Å². The molecule has 0 aromatic heterocycles. The molecule has 0 aliphatic carbocycles. The number of hydrogen-bond acceptors (Lipinski definition) is 10. The number of aliphatic hydroxyl groups excluding tert-OH is 1. The average Bonchev–Trinajstić information content (AvgIpc) is 2.89. The van der Waals surface area contributed by atoms with Crippen LogP contribution in [-0.4, -0.2) is 108 Å². The van der Waals surface area contributed by atoms with Gasteiger partial charge in [-0.15, -0.1) is 0 Å². The van der Waals surface area contributed by atoms with Gasteiger partial charge in [0.15, 0.2) is 0 Å². The summed E-state index contributed by atoms with van der Waals surface area (Å²) in [6.07, 6.45) is 2.04. The van der Waals surface area contributed by atoms with Gasteiger partial charge < -0.3 is 40.2 Å². The molecule has 0 radical (unpaired) electrons. The number of aliphatic hydroxyl groups is 1. The molecule has 0 saturated carbocycles. The van der Waals surface area contributed by atoms with Crippen LogP contribution in [0.4, 0.5) is 0 Å². The van der Waals surface area contributed by atoms with Gasteiger partial charge in [0, 0.05) is 31.9 Å². The van der Waals surface area contributed by atoms with E-state index in [2.05, 4.69) is 16.0 Å². The minimum atomic E-state index is -1.27. The first-order chi connectivity index (χ1) is 19.4. The Balaban J connectivity index is 4.17. The normalized spacial score (nSPS) is 14.0. The maximum atomic E-state index is 12.4. The molecule has 0 fully saturated rings. The van der Waals surface area contributed by atoms with Crippen LogP contribution in [0, 0.1) is 5.92 Å². The molecule has 0 bridgehead atoms. The van der Waals surface area contributed by atoms with Crippen molar-refractivity contribution in [3.05, 3.63) is 0 Å². The van der Waals surface area contributed by atoms with Crippen molar-refractivity contribution in [3.63, 3.8) is 0 Å². The Kier molecular flexibility index (Phi) is 21.1. The lowest BCUT2D eigenvalue weighted by molar-refractivity contribution is -0.143. The monoisotopic (exact) mass is 589 g/mol. The van der Waals surface area contributed by atoms with Gasteiger partial charge in [0.25, 0.3) is 0 Å². The number of ether oxygens (including phenoxy) is 2. The van der Waals surface area contributed by atoms with Crippen LogP contribution >= 0.6 is 0 Å². The third kappa shape index (κ3) is 19.7. The van der Waals surface area contributed by atoms with Gasteiger partial charge in [0.1, 0.15) is 30.3 Å². The Morgan fingerprint density at radius 1 is 0.829 bits per heavy atom. The third-order valence-corrected chi connectivity index (χ3v) is 6.21. The lowest BCUT2D eigenvalue weighted by Crippen LogP contribution is -2.47. The zero-order chi connectivity index (χ0) is 31.2. The van der Waals surface area contributed by atoms with Crippen molar-refractivity contribution in [2.24, 2.45) is 5.92 Å². The van der Waals surface area contributed by atoms with E-state index in [0.717, 1.165) is 0 Å². The van der Waals surface area contributed by atoms with Crippen molar-refractivity contribution in [1.29, 1.82) is 0 Å². The van der Waals surface area contributed by atoms with Crippen LogP contribution in [0.5, 0.6) is 0 Å². The fourth-order valence-electron chi connectivity index (χ4n) is 3.82. The van der Waals surface area contributed by atoms with Crippen molar-refractivity contribution in [2.75, 3.05) is 39.5 Å². The molecule has 41 heavy (non-hydrogen) atoms. The van der Waals surface area contributed by atoms with E-state index in [4.69, 9.17) is 14.6 Å². The van der Waals surface area contributed by atoms with Crippen LogP contribution in [0.1, 0.15) is 72.1 Å². The van der Waals surface area contributed by atoms with E-state index < -0.39 is 36.0 Å². The molecule has 6 N–H and O–H groups in total. The molecule has 0 rings (SSSR count). The third-order valence-electron chi connectivity index (χ3n) is 6.21. The highest BCUT2D eigenvalue weighted by molar-refractivity contribution is 5.85. The molecule has 236 valence electrons. The molecule has 0 aromatic carbocycles. The van der Waals surface area contributed by atoms with Gasteiger partial charge in [-0.2, -0.15) is 0 Å². The predicted molar refractivity (Wildman–Crippen MR) is 147 cm³/mol. The molecule has 14 nitrogen and oxygen atoms in total. The first kappa shape index (κ1) is 38.1. The minimum Gasteiger partial charge on any atom is -0.480 e. The molecule has 4 atom stereocenters. The number of carboxylic acid groups (broad SMARTS) is 2. The second kappa shape index (κ2) is 22.7. The molecular weight excluding hydrogens is 542 g/mol. The molecule has 0 saturated heterocycles. The standard InChI is InChI=1S/C27H47N3O11/c1-4-20(22(33)16-29-25(19(3)32)27(38)39)9-5-6-12-28-23(34)11-10-21(26(36)37)30-24(35)17-41-15-14-40-13-7-8-18(2)31/h19-21,25,29,32H,4-17H2,1-3H3,(H,28,34)(H,30,35)(H,36,37)(H,38,39)/t19-,20+,21+,25?/m1/s1. The van der Waals surface area contributed by atoms with Gasteiger partial charge in [0.05, 0.1) is 25.9 Å². The number of unbranched alkanes of at least 4 members (excludes halogenated alkanes) is 1. The molecule has 0 aliphatic heterocycles. The molecule has 2 amide bonds. The molecule has 1 unspecified atom stereocenters. The predicted octanol–water partition coefficient (Wildman–Crippen LogP) is 0.0438. The first-order valence-electron chi connectivity index (χ1n) is 14.0. The van der Waals surface area contributed by atoms with Crippen molar-refractivity contribution < 1.29 is 53.6 Å². The number of carboxylic acids is 2. The Morgan fingerprint density at radius 3 is 2.10 bits per heavy atom. The molecule has 0 aliphatic rings. The Morgan fingerprint density at radius 2 is 1.51 bits per heavy atom. The van der Waals surface area contributed by atoms with E-state index >= 15 is 0 Å². The maximum absolute atomic E-state index is 12.4. The first-order valence-corrected chi connectivity index (χ1v) is 14.0. The lowest BCUT2D eigenvalue weighted by Gasteiger charge is -2.19. The van der Waals surface area contributed by atoms with E-state index in [1.165, 1.54) is 13.8 Å². The van der Waals surface area contributed by atoms with E-state index in [1.807, 2.05) is 6.92 Å². The molecule has 14 heteroatoms. The van der Waals surface area contributed by atoms with Crippen LogP contribution in [0.25, 0.3) is 0 Å². The molecule has 0 aromatic rings. The number of carbonyl (C=O) groups is 6. The summed E-state index contributed by atoms with van der Waals surface area (Å²) in [5, 5.41) is 35.5. The highest BCUT2D eigenvalue weighted by Gasteiger charge is 2.25. The van der Waals surface area contributed by atoms with E-state index in [1.54, 1.807) is 0 Å². The number of amides is 2. The summed E-state index contributed by atoms with van der Waals surface area (Å²) >= 11 is 0. The van der Waals surface area contributed by atoms with Gasteiger partial charge in [0.2, 0.25) is 11.8 Å². The van der Waals surface area contributed by atoms with E-state index in [9.17, 15) is 39.0 Å². The lowest BCUT2D eigenvalue weighted by atomic mass is 9.94. The number of Topliss-reactive ketones (excluding diaryl/α,β-unsaturated/α-hetero) is 2. The van der Waals surface area contributed by atoms with Crippen LogP contribution < -0.4 is 16.0 Å². The fourth-order valence-corrected chi connectivity index (χ4v) is 3.82. The second-order valence-corrected chi connectivity index (χ2v) is 9.82. The SMILES string of the molecule is CC[C@@H](CCCCNC(=O)CC[C@H](NC(=O)COCCOCCCC(C)=O)C(=O)O)C(=O)CNC(C(=O)O)[C@@H](C)O. The highest BCUT2D eigenvalue weighted by Crippen LogP contribution is 2.13. The van der Waals surface area contributed by atoms with Crippen molar-refractivity contribution in [1.82, 2.24) is 16.0 Å². The number of aliphatic carboxylic acids is 2. The van der Waals surface area contributed by atoms with Crippen LogP contribution in [0.15, 0.2) is 0 Å². The molecular formula is C27H47N3O11. The summed E-state index contributed by atoms with van der Waals surface area (Å²) in [4.78, 5) is 69.9. The van der Waals surface area contributed by atoms with Gasteiger partial charge in [-0.05, 0) is 46.0 Å².